The van der Waals surface area contributed by atoms with Gasteiger partial charge in [-0.05, 0) is 0 Å². The van der Waals surface area contributed by atoms with E-state index >= 15 is 0 Å². The molecule has 2 radical (unpaired) electrons. The molecule has 0 saturated heterocycles. The van der Waals surface area contributed by atoms with Gasteiger partial charge in [-0.2, -0.15) is 0 Å². The summed E-state index contributed by atoms with van der Waals surface area (Å²) in [5.41, 5.74) is 0. The Labute approximate surface area is 67.5 Å². The summed E-state index contributed by atoms with van der Waals surface area (Å²) in [7, 11) is 0. The second kappa shape index (κ2) is 3.05. The number of rotatable bonds is 0. The first kappa shape index (κ1) is 6.86. The lowest BCUT2D eigenvalue weighted by molar-refractivity contribution is 0.550. The summed E-state index contributed by atoms with van der Waals surface area (Å²) in [5.74, 6) is 0.429. The summed E-state index contributed by atoms with van der Waals surface area (Å²) in [6, 6.07) is 0.454. The van der Waals surface area contributed by atoms with E-state index in [4.69, 9.17) is 0 Å². The van der Waals surface area contributed by atoms with Crippen molar-refractivity contribution in [3.63, 3.8) is 0 Å². The normalized spacial score (nSPS) is 34.9. The third-order valence-corrected chi connectivity index (χ3v) is 2.01. The molecule has 1 nitrogen and oxygen atoms in total. The molecule has 11 heavy (non-hydrogen) atoms. The maximum Gasteiger partial charge on any atom is 0.0328 e. The molecule has 1 aliphatic heterocycles. The third-order valence-electron chi connectivity index (χ3n) is 2.01. The molecule has 1 heteroatoms. The fourth-order valence-electron chi connectivity index (χ4n) is 1.40. The zero-order valence-corrected chi connectivity index (χ0v) is 6.33. The maximum atomic E-state index is 3.40. The van der Waals surface area contributed by atoms with Crippen LogP contribution in [0, 0.1) is 12.3 Å². The molecule has 2 unspecified atom stereocenters. The molecule has 0 aromatic carbocycles. The Balaban J connectivity index is 2.13. The molecule has 0 fully saturated rings. The first-order valence-corrected chi connectivity index (χ1v) is 3.96. The lowest BCUT2D eigenvalue weighted by Crippen LogP contribution is -2.33. The van der Waals surface area contributed by atoms with Gasteiger partial charge in [0.05, 0.1) is 0 Å². The van der Waals surface area contributed by atoms with Crippen LogP contribution in [0.2, 0.25) is 0 Å². The first-order chi connectivity index (χ1) is 5.47. The van der Waals surface area contributed by atoms with E-state index in [0.29, 0.717) is 12.0 Å². The lowest BCUT2D eigenvalue weighted by Gasteiger charge is -2.21. The fourth-order valence-corrected chi connectivity index (χ4v) is 1.40. The summed E-state index contributed by atoms with van der Waals surface area (Å²) in [6.07, 6.45) is 15.9. The van der Waals surface area contributed by atoms with Gasteiger partial charge in [-0.1, -0.05) is 36.5 Å². The highest BCUT2D eigenvalue weighted by molar-refractivity contribution is 5.24. The summed E-state index contributed by atoms with van der Waals surface area (Å²) in [5, 5.41) is 3.40. The van der Waals surface area contributed by atoms with Crippen molar-refractivity contribution in [2.75, 3.05) is 6.54 Å². The SMILES string of the molecule is [C]1C=CCNC2C=CC=CC12. The highest BCUT2D eigenvalue weighted by Gasteiger charge is 2.17. The van der Waals surface area contributed by atoms with Crippen LogP contribution in [0.4, 0.5) is 0 Å². The van der Waals surface area contributed by atoms with Gasteiger partial charge in [-0.25, -0.2) is 0 Å². The number of nitrogens with one attached hydrogen (secondary N) is 1. The first-order valence-electron chi connectivity index (χ1n) is 3.96. The Morgan fingerprint density at radius 3 is 3.18 bits per heavy atom. The van der Waals surface area contributed by atoms with E-state index in [9.17, 15) is 0 Å². The van der Waals surface area contributed by atoms with Crippen LogP contribution in [0.1, 0.15) is 0 Å². The largest absolute Gasteiger partial charge is 0.306 e. The maximum absolute atomic E-state index is 3.40. The highest BCUT2D eigenvalue weighted by atomic mass is 14.9. The van der Waals surface area contributed by atoms with Gasteiger partial charge in [-0.15, -0.1) is 0 Å². The molecule has 0 spiro atoms. The molecule has 0 aromatic rings. The molecule has 56 valence electrons. The van der Waals surface area contributed by atoms with Gasteiger partial charge in [0.2, 0.25) is 0 Å². The number of fused-ring (bicyclic) bond motifs is 1. The van der Waals surface area contributed by atoms with Gasteiger partial charge in [0.25, 0.3) is 0 Å². The fraction of sp³-hybridized carbons (Fsp3) is 0.300. The highest BCUT2D eigenvalue weighted by Crippen LogP contribution is 2.17. The second-order valence-electron chi connectivity index (χ2n) is 2.80. The monoisotopic (exact) mass is 145 g/mol. The quantitative estimate of drug-likeness (QED) is 0.542. The van der Waals surface area contributed by atoms with Gasteiger partial charge < -0.3 is 5.32 Å². The van der Waals surface area contributed by atoms with E-state index in [1.165, 1.54) is 0 Å². The second-order valence-corrected chi connectivity index (χ2v) is 2.80. The number of hydrogen-bond acceptors (Lipinski definition) is 1. The van der Waals surface area contributed by atoms with E-state index in [-0.39, 0.29) is 0 Å². The van der Waals surface area contributed by atoms with E-state index < -0.39 is 0 Å². The number of allylic oxidation sites excluding steroid dienone is 3. The summed E-state index contributed by atoms with van der Waals surface area (Å²) in [4.78, 5) is 0. The van der Waals surface area contributed by atoms with Crippen LogP contribution in [-0.4, -0.2) is 12.6 Å². The standard InChI is InChI=1S/C10H11N/c1-2-7-10-9(5-1)6-3-4-8-11-10/h1-5,7,9-11H,8H2. The van der Waals surface area contributed by atoms with Crippen LogP contribution in [0.5, 0.6) is 0 Å². The van der Waals surface area contributed by atoms with E-state index in [1.54, 1.807) is 0 Å². The van der Waals surface area contributed by atoms with Crippen molar-refractivity contribution in [1.82, 2.24) is 5.32 Å². The van der Waals surface area contributed by atoms with Crippen LogP contribution in [0.25, 0.3) is 0 Å². The van der Waals surface area contributed by atoms with E-state index in [2.05, 4.69) is 42.1 Å². The molecule has 1 heterocycles. The van der Waals surface area contributed by atoms with Crippen LogP contribution in [0.3, 0.4) is 0 Å². The molecule has 2 aliphatic rings. The van der Waals surface area contributed by atoms with E-state index in [0.717, 1.165) is 6.54 Å². The van der Waals surface area contributed by atoms with Crippen LogP contribution in [0.15, 0.2) is 36.5 Å². The van der Waals surface area contributed by atoms with Crippen LogP contribution >= 0.6 is 0 Å². The molecule has 1 N–H and O–H groups in total. The van der Waals surface area contributed by atoms with Gasteiger partial charge in [0.15, 0.2) is 0 Å². The van der Waals surface area contributed by atoms with Crippen molar-refractivity contribution in [2.24, 2.45) is 5.92 Å². The van der Waals surface area contributed by atoms with Crippen molar-refractivity contribution >= 4 is 0 Å². The van der Waals surface area contributed by atoms with Gasteiger partial charge in [-0.3, -0.25) is 0 Å². The lowest BCUT2D eigenvalue weighted by atomic mass is 9.93. The zero-order chi connectivity index (χ0) is 7.52. The van der Waals surface area contributed by atoms with Crippen molar-refractivity contribution in [3.8, 4) is 0 Å². The molecule has 2 rings (SSSR count). The molecule has 0 amide bonds. The van der Waals surface area contributed by atoms with Crippen LogP contribution < -0.4 is 5.32 Å². The summed E-state index contributed by atoms with van der Waals surface area (Å²) in [6.45, 7) is 0.951. The Kier molecular flexibility index (Phi) is 1.91. The third kappa shape index (κ3) is 1.43. The van der Waals surface area contributed by atoms with Gasteiger partial charge >= 0.3 is 0 Å². The molecule has 2 atom stereocenters. The Bertz CT molecular complexity index is 213. The van der Waals surface area contributed by atoms with Crippen molar-refractivity contribution < 1.29 is 0 Å². The van der Waals surface area contributed by atoms with Gasteiger partial charge in [0, 0.05) is 24.9 Å². The zero-order valence-electron chi connectivity index (χ0n) is 6.33. The summed E-state index contributed by atoms with van der Waals surface area (Å²) < 4.78 is 0. The Morgan fingerprint density at radius 1 is 1.27 bits per heavy atom. The molecule has 0 bridgehead atoms. The predicted octanol–water partition coefficient (Wildman–Crippen LogP) is 1.34. The Hall–Kier alpha value is -0.820. The van der Waals surface area contributed by atoms with Crippen molar-refractivity contribution in [2.45, 2.75) is 6.04 Å². The minimum absolute atomic E-state index is 0.429. The topological polar surface area (TPSA) is 12.0 Å². The average Bonchev–Trinajstić information content (AvgIpc) is 2.28. The smallest absolute Gasteiger partial charge is 0.0328 e. The molecular formula is C10H11N. The predicted molar refractivity (Wildman–Crippen MR) is 45.9 cm³/mol. The average molecular weight is 145 g/mol. The molecular weight excluding hydrogens is 134 g/mol. The van der Waals surface area contributed by atoms with Crippen molar-refractivity contribution in [3.05, 3.63) is 42.9 Å². The Morgan fingerprint density at radius 2 is 2.18 bits per heavy atom. The molecule has 1 aliphatic carbocycles. The summed E-state index contributed by atoms with van der Waals surface area (Å²) >= 11 is 0. The number of hydrogen-bond donors (Lipinski definition) is 1. The van der Waals surface area contributed by atoms with Crippen molar-refractivity contribution in [1.29, 1.82) is 0 Å². The molecule has 0 aromatic heterocycles. The van der Waals surface area contributed by atoms with Crippen LogP contribution in [-0.2, 0) is 0 Å². The van der Waals surface area contributed by atoms with Gasteiger partial charge in [0.1, 0.15) is 0 Å². The minimum atomic E-state index is 0.429. The molecule has 0 saturated carbocycles. The van der Waals surface area contributed by atoms with E-state index in [1.807, 2.05) is 6.08 Å². The minimum Gasteiger partial charge on any atom is -0.306 e.